The molecule has 3 heterocycles. The molecule has 1 aliphatic rings. The van der Waals surface area contributed by atoms with Gasteiger partial charge < -0.3 is 9.80 Å². The second-order valence-electron chi connectivity index (χ2n) is 6.50. The summed E-state index contributed by atoms with van der Waals surface area (Å²) >= 11 is 6.22. The predicted octanol–water partition coefficient (Wildman–Crippen LogP) is 2.94. The third kappa shape index (κ3) is 2.86. The van der Waals surface area contributed by atoms with Gasteiger partial charge in [0.15, 0.2) is 0 Å². The lowest BCUT2D eigenvalue weighted by Crippen LogP contribution is -2.37. The molecule has 6 nitrogen and oxygen atoms in total. The number of fused-ring (bicyclic) bond motifs is 2. The molecule has 0 unspecified atom stereocenters. The summed E-state index contributed by atoms with van der Waals surface area (Å²) in [5, 5.41) is 1.46. The summed E-state index contributed by atoms with van der Waals surface area (Å²) in [6, 6.07) is 9.21. The van der Waals surface area contributed by atoms with Gasteiger partial charge in [-0.1, -0.05) is 29.8 Å². The van der Waals surface area contributed by atoms with E-state index < -0.39 is 0 Å². The van der Waals surface area contributed by atoms with E-state index in [9.17, 15) is 4.79 Å². The largest absolute Gasteiger partial charge is 0.362 e. The molecule has 0 N–H and O–H groups in total. The number of amides is 1. The van der Waals surface area contributed by atoms with Crippen molar-refractivity contribution in [2.24, 2.45) is 0 Å². The molecule has 1 aromatic carbocycles. The van der Waals surface area contributed by atoms with Crippen molar-refractivity contribution in [3.8, 4) is 0 Å². The lowest BCUT2D eigenvalue weighted by molar-refractivity contribution is 0.0726. The number of rotatable bonds is 2. The number of anilines is 1. The highest BCUT2D eigenvalue weighted by Gasteiger charge is 2.26. The third-order valence-electron chi connectivity index (χ3n) is 4.59. The highest BCUT2D eigenvalue weighted by atomic mass is 35.5. The van der Waals surface area contributed by atoms with E-state index >= 15 is 0 Å². The van der Waals surface area contributed by atoms with Crippen LogP contribution in [0.25, 0.3) is 10.9 Å². The first-order chi connectivity index (χ1) is 12.5. The van der Waals surface area contributed by atoms with Crippen molar-refractivity contribution in [2.75, 3.05) is 25.5 Å². The van der Waals surface area contributed by atoms with Crippen LogP contribution < -0.4 is 4.90 Å². The van der Waals surface area contributed by atoms with Gasteiger partial charge in [0.05, 0.1) is 22.8 Å². The molecule has 4 rings (SSSR count). The second-order valence-corrected chi connectivity index (χ2v) is 6.91. The molecule has 0 aliphatic carbocycles. The summed E-state index contributed by atoms with van der Waals surface area (Å²) in [5.41, 5.74) is 3.05. The Balaban J connectivity index is 1.64. The second kappa shape index (κ2) is 6.53. The zero-order valence-electron chi connectivity index (χ0n) is 14.6. The number of carbonyl (C=O) groups excluding carboxylic acids is 1. The molecule has 1 amide bonds. The fraction of sp³-hybridized carbons (Fsp3) is 0.263. The summed E-state index contributed by atoms with van der Waals surface area (Å²) in [5.74, 6) is 0.806. The maximum Gasteiger partial charge on any atom is 0.272 e. The minimum Gasteiger partial charge on any atom is -0.362 e. The first-order valence-electron chi connectivity index (χ1n) is 8.39. The van der Waals surface area contributed by atoms with Gasteiger partial charge in [0, 0.05) is 31.6 Å². The Labute approximate surface area is 156 Å². The molecular formula is C19H18ClN5O. The predicted molar refractivity (Wildman–Crippen MR) is 102 cm³/mol. The molecule has 3 aromatic rings. The summed E-state index contributed by atoms with van der Waals surface area (Å²) in [7, 11) is 3.92. The first kappa shape index (κ1) is 16.7. The minimum absolute atomic E-state index is 0.109. The number of aromatic nitrogens is 3. The molecule has 1 aliphatic heterocycles. The van der Waals surface area contributed by atoms with Gasteiger partial charge in [-0.05, 0) is 18.6 Å². The van der Waals surface area contributed by atoms with E-state index in [1.54, 1.807) is 23.4 Å². The fourth-order valence-corrected chi connectivity index (χ4v) is 3.51. The van der Waals surface area contributed by atoms with Crippen LogP contribution in [0.5, 0.6) is 0 Å². The molecular weight excluding hydrogens is 350 g/mol. The molecule has 0 saturated heterocycles. The normalized spacial score (nSPS) is 13.6. The Morgan fingerprint density at radius 2 is 2.04 bits per heavy atom. The van der Waals surface area contributed by atoms with Gasteiger partial charge in [-0.2, -0.15) is 0 Å². The van der Waals surface area contributed by atoms with E-state index in [1.165, 1.54) is 0 Å². The number of para-hydroxylation sites is 1. The molecule has 0 bridgehead atoms. The van der Waals surface area contributed by atoms with Crippen molar-refractivity contribution in [1.82, 2.24) is 19.9 Å². The van der Waals surface area contributed by atoms with Gasteiger partial charge in [-0.25, -0.2) is 15.0 Å². The maximum absolute atomic E-state index is 12.9. The zero-order chi connectivity index (χ0) is 18.3. The van der Waals surface area contributed by atoms with Crippen LogP contribution in [0, 0.1) is 0 Å². The van der Waals surface area contributed by atoms with Gasteiger partial charge in [0.1, 0.15) is 17.8 Å². The maximum atomic E-state index is 12.9. The van der Waals surface area contributed by atoms with E-state index in [1.807, 2.05) is 37.2 Å². The van der Waals surface area contributed by atoms with Gasteiger partial charge in [0.25, 0.3) is 5.91 Å². The zero-order valence-corrected chi connectivity index (χ0v) is 15.4. The lowest BCUT2D eigenvalue weighted by Gasteiger charge is -2.29. The molecule has 0 radical (unpaired) electrons. The van der Waals surface area contributed by atoms with Gasteiger partial charge in [-0.3, -0.25) is 4.79 Å². The van der Waals surface area contributed by atoms with Crippen LogP contribution in [-0.2, 0) is 13.0 Å². The quantitative estimate of drug-likeness (QED) is 0.696. The van der Waals surface area contributed by atoms with Crippen LogP contribution in [-0.4, -0.2) is 46.4 Å². The van der Waals surface area contributed by atoms with Crippen molar-refractivity contribution < 1.29 is 4.79 Å². The first-order valence-corrected chi connectivity index (χ1v) is 8.77. The molecule has 0 saturated carbocycles. The molecule has 0 fully saturated rings. The van der Waals surface area contributed by atoms with Crippen LogP contribution in [0.4, 0.5) is 5.82 Å². The van der Waals surface area contributed by atoms with E-state index in [2.05, 4.69) is 15.0 Å². The summed E-state index contributed by atoms with van der Waals surface area (Å²) < 4.78 is 0. The van der Waals surface area contributed by atoms with Gasteiger partial charge in [0.2, 0.25) is 0 Å². The van der Waals surface area contributed by atoms with Crippen molar-refractivity contribution in [2.45, 2.75) is 13.0 Å². The Morgan fingerprint density at radius 3 is 2.85 bits per heavy atom. The van der Waals surface area contributed by atoms with Crippen molar-refractivity contribution in [3.63, 3.8) is 0 Å². The fourth-order valence-electron chi connectivity index (χ4n) is 3.29. The Kier molecular flexibility index (Phi) is 4.20. The van der Waals surface area contributed by atoms with Crippen molar-refractivity contribution in [3.05, 3.63) is 58.6 Å². The number of halogens is 1. The number of pyridine rings is 1. The lowest BCUT2D eigenvalue weighted by atomic mass is 10.0. The summed E-state index contributed by atoms with van der Waals surface area (Å²) in [6.45, 7) is 1.07. The average molecular weight is 368 g/mol. The van der Waals surface area contributed by atoms with Crippen LogP contribution in [0.2, 0.25) is 5.02 Å². The van der Waals surface area contributed by atoms with Crippen molar-refractivity contribution >= 4 is 34.2 Å². The Morgan fingerprint density at radius 1 is 1.19 bits per heavy atom. The average Bonchev–Trinajstić information content (AvgIpc) is 2.66. The van der Waals surface area contributed by atoms with Crippen LogP contribution >= 0.6 is 11.6 Å². The number of nitrogens with zero attached hydrogens (tertiary/aromatic N) is 5. The highest BCUT2D eigenvalue weighted by Crippen LogP contribution is 2.26. The molecule has 26 heavy (non-hydrogen) atoms. The standard InChI is InChI=1S/C19H18ClN5O/c1-24(2)18-13-8-9-25(10-16(13)21-11-22-18)19(26)15-7-6-12-4-3-5-14(20)17(12)23-15/h3-7,11H,8-10H2,1-2H3. The highest BCUT2D eigenvalue weighted by molar-refractivity contribution is 6.35. The molecule has 0 spiro atoms. The van der Waals surface area contributed by atoms with Crippen LogP contribution in [0.15, 0.2) is 36.7 Å². The Hall–Kier alpha value is -2.73. The number of hydrogen-bond acceptors (Lipinski definition) is 5. The van der Waals surface area contributed by atoms with Crippen LogP contribution in [0.1, 0.15) is 21.7 Å². The molecule has 0 atom stereocenters. The molecule has 7 heteroatoms. The van der Waals surface area contributed by atoms with Crippen LogP contribution in [0.3, 0.4) is 0 Å². The smallest absolute Gasteiger partial charge is 0.272 e. The Bertz CT molecular complexity index is 1000. The topological polar surface area (TPSA) is 62.2 Å². The third-order valence-corrected chi connectivity index (χ3v) is 4.89. The number of carbonyl (C=O) groups is 1. The van der Waals surface area contributed by atoms with E-state index in [4.69, 9.17) is 11.6 Å². The summed E-state index contributed by atoms with van der Waals surface area (Å²) in [6.07, 6.45) is 2.28. The van der Waals surface area contributed by atoms with Gasteiger partial charge in [-0.15, -0.1) is 0 Å². The van der Waals surface area contributed by atoms with E-state index in [0.29, 0.717) is 29.3 Å². The monoisotopic (exact) mass is 367 g/mol. The minimum atomic E-state index is -0.109. The molecule has 132 valence electrons. The van der Waals surface area contributed by atoms with E-state index in [-0.39, 0.29) is 5.91 Å². The van der Waals surface area contributed by atoms with Gasteiger partial charge >= 0.3 is 0 Å². The van der Waals surface area contributed by atoms with E-state index in [0.717, 1.165) is 28.9 Å². The number of hydrogen-bond donors (Lipinski definition) is 0. The summed E-state index contributed by atoms with van der Waals surface area (Å²) in [4.78, 5) is 29.9. The SMILES string of the molecule is CN(C)c1ncnc2c1CCN(C(=O)c1ccc3cccc(Cl)c3n1)C2. The number of benzene rings is 1. The van der Waals surface area contributed by atoms with Crippen molar-refractivity contribution in [1.29, 1.82) is 0 Å². The molecule has 2 aromatic heterocycles.